The molecule has 5 heteroatoms. The second-order valence-corrected chi connectivity index (χ2v) is 4.66. The van der Waals surface area contributed by atoms with E-state index in [-0.39, 0.29) is 6.04 Å². The van der Waals surface area contributed by atoms with Crippen molar-refractivity contribution in [1.29, 1.82) is 0 Å². The molecule has 0 bridgehead atoms. The van der Waals surface area contributed by atoms with Crippen molar-refractivity contribution in [2.45, 2.75) is 19.9 Å². The third-order valence-electron chi connectivity index (χ3n) is 3.06. The molecule has 3 N–H and O–H groups in total. The van der Waals surface area contributed by atoms with Gasteiger partial charge in [-0.3, -0.25) is 0 Å². The Labute approximate surface area is 124 Å². The number of hydrogen-bond acceptors (Lipinski definition) is 5. The molecule has 1 unspecified atom stereocenters. The van der Waals surface area contributed by atoms with Gasteiger partial charge in [-0.15, -0.1) is 0 Å². The van der Waals surface area contributed by atoms with Gasteiger partial charge in [0.2, 0.25) is 0 Å². The molecule has 1 aromatic carbocycles. The first-order valence-electron chi connectivity index (χ1n) is 6.86. The van der Waals surface area contributed by atoms with Gasteiger partial charge in [0.25, 0.3) is 0 Å². The van der Waals surface area contributed by atoms with Gasteiger partial charge in [-0.25, -0.2) is 9.78 Å². The lowest BCUT2D eigenvalue weighted by Gasteiger charge is -2.17. The van der Waals surface area contributed by atoms with Crippen LogP contribution in [0.2, 0.25) is 0 Å². The van der Waals surface area contributed by atoms with E-state index in [2.05, 4.69) is 10.3 Å². The molecule has 0 aliphatic rings. The van der Waals surface area contributed by atoms with Crippen molar-refractivity contribution >= 4 is 17.5 Å². The number of carbonyl (C=O) groups excluding carboxylic acids is 1. The molecule has 1 heterocycles. The summed E-state index contributed by atoms with van der Waals surface area (Å²) >= 11 is 0. The van der Waals surface area contributed by atoms with Gasteiger partial charge < -0.3 is 15.8 Å². The topological polar surface area (TPSA) is 77.2 Å². The monoisotopic (exact) mass is 285 g/mol. The van der Waals surface area contributed by atoms with Gasteiger partial charge in [0.05, 0.1) is 18.5 Å². The molecule has 5 nitrogen and oxygen atoms in total. The Morgan fingerprint density at radius 2 is 2.10 bits per heavy atom. The van der Waals surface area contributed by atoms with Crippen LogP contribution in [0.1, 0.15) is 35.8 Å². The standard InChI is InChI=1S/C16H19N3O2/c1-3-21-16(20)14-9-13(17)10-18-15(14)19-11(2)12-7-5-4-6-8-12/h4-11H,3,17H2,1-2H3,(H,18,19). The molecule has 0 saturated carbocycles. The summed E-state index contributed by atoms with van der Waals surface area (Å²) in [7, 11) is 0. The average molecular weight is 285 g/mol. The molecular weight excluding hydrogens is 266 g/mol. The Morgan fingerprint density at radius 3 is 2.76 bits per heavy atom. The number of esters is 1. The zero-order valence-corrected chi connectivity index (χ0v) is 12.2. The largest absolute Gasteiger partial charge is 0.462 e. The summed E-state index contributed by atoms with van der Waals surface area (Å²) in [6.07, 6.45) is 1.52. The Hall–Kier alpha value is -2.56. The van der Waals surface area contributed by atoms with Crippen LogP contribution < -0.4 is 11.1 Å². The zero-order chi connectivity index (χ0) is 15.2. The van der Waals surface area contributed by atoms with E-state index in [1.54, 1.807) is 13.0 Å². The summed E-state index contributed by atoms with van der Waals surface area (Å²) in [6, 6.07) is 11.5. The van der Waals surface area contributed by atoms with Crippen LogP contribution in [0.4, 0.5) is 11.5 Å². The van der Waals surface area contributed by atoms with Gasteiger partial charge in [-0.2, -0.15) is 0 Å². The summed E-state index contributed by atoms with van der Waals surface area (Å²) < 4.78 is 5.04. The number of benzene rings is 1. The lowest BCUT2D eigenvalue weighted by atomic mass is 10.1. The van der Waals surface area contributed by atoms with Gasteiger partial charge in [0, 0.05) is 6.04 Å². The van der Waals surface area contributed by atoms with Crippen LogP contribution >= 0.6 is 0 Å². The van der Waals surface area contributed by atoms with Crippen LogP contribution in [0, 0.1) is 0 Å². The zero-order valence-electron chi connectivity index (χ0n) is 12.2. The maximum absolute atomic E-state index is 12.0. The lowest BCUT2D eigenvalue weighted by Crippen LogP contribution is -2.14. The normalized spacial score (nSPS) is 11.7. The predicted molar refractivity (Wildman–Crippen MR) is 83.1 cm³/mol. The first kappa shape index (κ1) is 14.8. The van der Waals surface area contributed by atoms with Gasteiger partial charge in [0.1, 0.15) is 11.4 Å². The van der Waals surface area contributed by atoms with E-state index in [1.807, 2.05) is 37.3 Å². The summed E-state index contributed by atoms with van der Waals surface area (Å²) in [6.45, 7) is 4.07. The van der Waals surface area contributed by atoms with Crippen LogP contribution in [0.15, 0.2) is 42.6 Å². The minimum Gasteiger partial charge on any atom is -0.462 e. The Morgan fingerprint density at radius 1 is 1.38 bits per heavy atom. The quantitative estimate of drug-likeness (QED) is 0.826. The molecule has 2 aromatic rings. The maximum atomic E-state index is 12.0. The molecular formula is C16H19N3O2. The van der Waals surface area contributed by atoms with E-state index in [4.69, 9.17) is 10.5 Å². The minimum absolute atomic E-state index is 0.00972. The van der Waals surface area contributed by atoms with Crippen molar-refractivity contribution < 1.29 is 9.53 Å². The van der Waals surface area contributed by atoms with E-state index in [0.717, 1.165) is 5.56 Å². The third kappa shape index (κ3) is 3.72. The minimum atomic E-state index is -0.430. The van der Waals surface area contributed by atoms with Crippen LogP contribution in [-0.2, 0) is 4.74 Å². The molecule has 2 rings (SSSR count). The SMILES string of the molecule is CCOC(=O)c1cc(N)cnc1NC(C)c1ccccc1. The second kappa shape index (κ2) is 6.74. The summed E-state index contributed by atoms with van der Waals surface area (Å²) in [5.41, 5.74) is 7.58. The fourth-order valence-electron chi connectivity index (χ4n) is 1.99. The van der Waals surface area contributed by atoms with Crippen molar-refractivity contribution in [3.05, 3.63) is 53.7 Å². The molecule has 21 heavy (non-hydrogen) atoms. The summed E-state index contributed by atoms with van der Waals surface area (Å²) in [5, 5.41) is 3.23. The fourth-order valence-corrected chi connectivity index (χ4v) is 1.99. The van der Waals surface area contributed by atoms with E-state index < -0.39 is 5.97 Å². The second-order valence-electron chi connectivity index (χ2n) is 4.66. The fraction of sp³-hybridized carbons (Fsp3) is 0.250. The molecule has 0 radical (unpaired) electrons. The highest BCUT2D eigenvalue weighted by Crippen LogP contribution is 2.22. The molecule has 0 fully saturated rings. The molecule has 0 spiro atoms. The van der Waals surface area contributed by atoms with Crippen molar-refractivity contribution in [3.8, 4) is 0 Å². The number of nitrogens with two attached hydrogens (primary N) is 1. The number of nitrogens with zero attached hydrogens (tertiary/aromatic N) is 1. The molecule has 0 aliphatic carbocycles. The van der Waals surface area contributed by atoms with Gasteiger partial charge in [0.15, 0.2) is 0 Å². The lowest BCUT2D eigenvalue weighted by molar-refractivity contribution is 0.0527. The third-order valence-corrected chi connectivity index (χ3v) is 3.06. The number of nitrogen functional groups attached to an aromatic ring is 1. The van der Waals surface area contributed by atoms with E-state index in [1.165, 1.54) is 6.20 Å². The molecule has 0 saturated heterocycles. The number of aromatic nitrogens is 1. The number of hydrogen-bond donors (Lipinski definition) is 2. The smallest absolute Gasteiger partial charge is 0.341 e. The Bertz CT molecular complexity index is 614. The maximum Gasteiger partial charge on any atom is 0.341 e. The van der Waals surface area contributed by atoms with Crippen LogP contribution in [0.25, 0.3) is 0 Å². The van der Waals surface area contributed by atoms with Gasteiger partial charge in [-0.05, 0) is 25.5 Å². The van der Waals surface area contributed by atoms with Crippen LogP contribution in [0.5, 0.6) is 0 Å². The van der Waals surface area contributed by atoms with Crippen LogP contribution in [0.3, 0.4) is 0 Å². The van der Waals surface area contributed by atoms with Crippen LogP contribution in [-0.4, -0.2) is 17.6 Å². The first-order valence-corrected chi connectivity index (χ1v) is 6.86. The number of rotatable bonds is 5. The number of anilines is 2. The highest BCUT2D eigenvalue weighted by molar-refractivity contribution is 5.95. The molecule has 1 aromatic heterocycles. The Kier molecular flexibility index (Phi) is 4.77. The predicted octanol–water partition coefficient (Wildman–Crippen LogP) is 3.01. The number of pyridine rings is 1. The highest BCUT2D eigenvalue weighted by atomic mass is 16.5. The van der Waals surface area contributed by atoms with Gasteiger partial charge >= 0.3 is 5.97 Å². The van der Waals surface area contributed by atoms with E-state index >= 15 is 0 Å². The number of nitrogens with one attached hydrogen (secondary N) is 1. The number of ether oxygens (including phenoxy) is 1. The van der Waals surface area contributed by atoms with Crippen molar-refractivity contribution in [2.75, 3.05) is 17.7 Å². The molecule has 0 amide bonds. The average Bonchev–Trinajstić information content (AvgIpc) is 2.50. The molecule has 110 valence electrons. The van der Waals surface area contributed by atoms with Crippen molar-refractivity contribution in [2.24, 2.45) is 0 Å². The van der Waals surface area contributed by atoms with Gasteiger partial charge in [-0.1, -0.05) is 30.3 Å². The van der Waals surface area contributed by atoms with E-state index in [9.17, 15) is 4.79 Å². The first-order chi connectivity index (χ1) is 10.1. The number of carbonyl (C=O) groups is 1. The van der Waals surface area contributed by atoms with Crippen molar-refractivity contribution in [1.82, 2.24) is 4.98 Å². The van der Waals surface area contributed by atoms with Crippen molar-refractivity contribution in [3.63, 3.8) is 0 Å². The molecule has 0 aliphatic heterocycles. The summed E-state index contributed by atoms with van der Waals surface area (Å²) in [4.78, 5) is 16.2. The Balaban J connectivity index is 2.25. The summed E-state index contributed by atoms with van der Waals surface area (Å²) in [5.74, 6) is 0.0408. The molecule has 1 atom stereocenters. The highest BCUT2D eigenvalue weighted by Gasteiger charge is 2.16. The van der Waals surface area contributed by atoms with E-state index in [0.29, 0.717) is 23.7 Å².